The first-order chi connectivity index (χ1) is 7.52. The van der Waals surface area contributed by atoms with Crippen LogP contribution in [0, 0.1) is 5.92 Å². The van der Waals surface area contributed by atoms with Crippen molar-refractivity contribution in [3.63, 3.8) is 0 Å². The Morgan fingerprint density at radius 1 is 1.50 bits per heavy atom. The zero-order valence-electron chi connectivity index (χ0n) is 10.6. The molecule has 1 unspecified atom stereocenters. The van der Waals surface area contributed by atoms with Crippen LogP contribution in [-0.2, 0) is 4.74 Å². The standard InChI is InChI=1S/C12H23N3O/c1-12(2,16-3)6-10-7-14-11(13)15(10)8-9-4-5-9/h9-10H,4-8H2,1-3H3,(H2,13,14). The minimum Gasteiger partial charge on any atom is -0.379 e. The summed E-state index contributed by atoms with van der Waals surface area (Å²) in [7, 11) is 1.77. The molecule has 1 heterocycles. The maximum Gasteiger partial charge on any atom is 0.191 e. The number of ether oxygens (including phenoxy) is 1. The summed E-state index contributed by atoms with van der Waals surface area (Å²) < 4.78 is 5.49. The van der Waals surface area contributed by atoms with E-state index in [1.807, 2.05) is 0 Å². The maximum atomic E-state index is 5.94. The Labute approximate surface area is 97.9 Å². The van der Waals surface area contributed by atoms with Crippen molar-refractivity contribution in [3.8, 4) is 0 Å². The van der Waals surface area contributed by atoms with Crippen molar-refractivity contribution < 1.29 is 4.74 Å². The molecule has 1 saturated carbocycles. The summed E-state index contributed by atoms with van der Waals surface area (Å²) in [4.78, 5) is 6.64. The van der Waals surface area contributed by atoms with Gasteiger partial charge >= 0.3 is 0 Å². The van der Waals surface area contributed by atoms with Crippen molar-refractivity contribution in [2.45, 2.75) is 44.8 Å². The molecule has 2 N–H and O–H groups in total. The van der Waals surface area contributed by atoms with E-state index in [2.05, 4.69) is 23.7 Å². The molecule has 16 heavy (non-hydrogen) atoms. The van der Waals surface area contributed by atoms with Gasteiger partial charge in [-0.1, -0.05) is 0 Å². The van der Waals surface area contributed by atoms with Crippen LogP contribution < -0.4 is 5.73 Å². The molecule has 1 fully saturated rings. The molecule has 0 amide bonds. The topological polar surface area (TPSA) is 50.9 Å². The van der Waals surface area contributed by atoms with Gasteiger partial charge in [0.1, 0.15) is 0 Å². The summed E-state index contributed by atoms with van der Waals surface area (Å²) in [6.45, 7) is 6.15. The highest BCUT2D eigenvalue weighted by Crippen LogP contribution is 2.32. The van der Waals surface area contributed by atoms with E-state index in [1.165, 1.54) is 12.8 Å². The lowest BCUT2D eigenvalue weighted by Gasteiger charge is -2.32. The van der Waals surface area contributed by atoms with Crippen LogP contribution in [0.1, 0.15) is 33.1 Å². The van der Waals surface area contributed by atoms with Gasteiger partial charge < -0.3 is 15.4 Å². The first kappa shape index (κ1) is 11.7. The van der Waals surface area contributed by atoms with Gasteiger partial charge in [0.15, 0.2) is 5.96 Å². The number of aliphatic imine (C=N–C) groups is 1. The smallest absolute Gasteiger partial charge is 0.191 e. The van der Waals surface area contributed by atoms with Crippen LogP contribution in [0.25, 0.3) is 0 Å². The van der Waals surface area contributed by atoms with Crippen molar-refractivity contribution in [2.24, 2.45) is 16.6 Å². The van der Waals surface area contributed by atoms with Crippen LogP contribution in [0.3, 0.4) is 0 Å². The SMILES string of the molecule is COC(C)(C)CC1CN=C(N)N1CC1CC1. The first-order valence-electron chi connectivity index (χ1n) is 6.13. The predicted octanol–water partition coefficient (Wildman–Crippen LogP) is 1.21. The lowest BCUT2D eigenvalue weighted by Crippen LogP contribution is -2.45. The largest absolute Gasteiger partial charge is 0.379 e. The summed E-state index contributed by atoms with van der Waals surface area (Å²) in [5.41, 5.74) is 5.85. The van der Waals surface area contributed by atoms with E-state index in [-0.39, 0.29) is 5.60 Å². The van der Waals surface area contributed by atoms with Gasteiger partial charge in [0.2, 0.25) is 0 Å². The summed E-state index contributed by atoms with van der Waals surface area (Å²) in [6, 6.07) is 0.426. The van der Waals surface area contributed by atoms with Gasteiger partial charge in [0.05, 0.1) is 18.2 Å². The maximum absolute atomic E-state index is 5.94. The summed E-state index contributed by atoms with van der Waals surface area (Å²) in [5, 5.41) is 0. The van der Waals surface area contributed by atoms with E-state index in [0.717, 1.165) is 31.4 Å². The Morgan fingerprint density at radius 2 is 2.19 bits per heavy atom. The van der Waals surface area contributed by atoms with Crippen LogP contribution >= 0.6 is 0 Å². The fourth-order valence-electron chi connectivity index (χ4n) is 2.22. The molecule has 1 atom stereocenters. The molecule has 2 aliphatic rings. The molecule has 0 spiro atoms. The Bertz CT molecular complexity index is 284. The monoisotopic (exact) mass is 225 g/mol. The molecular weight excluding hydrogens is 202 g/mol. The zero-order chi connectivity index (χ0) is 11.8. The van der Waals surface area contributed by atoms with Crippen molar-refractivity contribution >= 4 is 5.96 Å². The van der Waals surface area contributed by atoms with Gasteiger partial charge in [0.25, 0.3) is 0 Å². The van der Waals surface area contributed by atoms with Crippen molar-refractivity contribution in [2.75, 3.05) is 20.2 Å². The highest BCUT2D eigenvalue weighted by molar-refractivity contribution is 5.80. The molecule has 4 heteroatoms. The van der Waals surface area contributed by atoms with Crippen molar-refractivity contribution in [1.82, 2.24) is 4.90 Å². The van der Waals surface area contributed by atoms with E-state index in [9.17, 15) is 0 Å². The van der Waals surface area contributed by atoms with Gasteiger partial charge in [-0.15, -0.1) is 0 Å². The lowest BCUT2D eigenvalue weighted by molar-refractivity contribution is 0.00118. The van der Waals surface area contributed by atoms with Gasteiger partial charge in [-0.2, -0.15) is 0 Å². The molecule has 1 aliphatic heterocycles. The number of nitrogens with zero attached hydrogens (tertiary/aromatic N) is 2. The third-order valence-corrected chi connectivity index (χ3v) is 3.63. The van der Waals surface area contributed by atoms with Crippen LogP contribution in [0.2, 0.25) is 0 Å². The molecule has 92 valence electrons. The minimum absolute atomic E-state index is 0.0907. The van der Waals surface area contributed by atoms with Crippen molar-refractivity contribution in [1.29, 1.82) is 0 Å². The highest BCUT2D eigenvalue weighted by Gasteiger charge is 2.35. The van der Waals surface area contributed by atoms with Gasteiger partial charge in [-0.3, -0.25) is 4.99 Å². The molecule has 0 radical (unpaired) electrons. The average Bonchev–Trinajstić information content (AvgIpc) is 2.98. The highest BCUT2D eigenvalue weighted by atomic mass is 16.5. The fraction of sp³-hybridized carbons (Fsp3) is 0.917. The Hall–Kier alpha value is -0.770. The molecular formula is C12H23N3O. The molecule has 0 aromatic rings. The molecule has 0 saturated heterocycles. The first-order valence-corrected chi connectivity index (χ1v) is 6.13. The lowest BCUT2D eigenvalue weighted by atomic mass is 9.98. The molecule has 4 nitrogen and oxygen atoms in total. The Balaban J connectivity index is 1.93. The number of guanidine groups is 1. The van der Waals surface area contributed by atoms with Crippen LogP contribution in [-0.4, -0.2) is 42.7 Å². The molecule has 0 bridgehead atoms. The van der Waals surface area contributed by atoms with Gasteiger partial charge in [-0.05, 0) is 39.0 Å². The second kappa shape index (κ2) is 4.24. The van der Waals surface area contributed by atoms with Gasteiger partial charge in [-0.25, -0.2) is 0 Å². The van der Waals surface area contributed by atoms with E-state index in [0.29, 0.717) is 6.04 Å². The number of methoxy groups -OCH3 is 1. The minimum atomic E-state index is -0.0907. The third kappa shape index (κ3) is 2.67. The molecule has 2 rings (SSSR count). The summed E-state index contributed by atoms with van der Waals surface area (Å²) in [6.07, 6.45) is 3.69. The molecule has 0 aromatic carbocycles. The Morgan fingerprint density at radius 3 is 2.75 bits per heavy atom. The predicted molar refractivity (Wildman–Crippen MR) is 65.4 cm³/mol. The average molecular weight is 225 g/mol. The number of nitrogens with two attached hydrogens (primary N) is 1. The quantitative estimate of drug-likeness (QED) is 0.765. The second-order valence-corrected chi connectivity index (χ2v) is 5.62. The second-order valence-electron chi connectivity index (χ2n) is 5.62. The number of hydrogen-bond donors (Lipinski definition) is 1. The third-order valence-electron chi connectivity index (χ3n) is 3.63. The zero-order valence-corrected chi connectivity index (χ0v) is 10.6. The molecule has 1 aliphatic carbocycles. The van der Waals surface area contributed by atoms with Crippen LogP contribution in [0.4, 0.5) is 0 Å². The van der Waals surface area contributed by atoms with Crippen molar-refractivity contribution in [3.05, 3.63) is 0 Å². The van der Waals surface area contributed by atoms with E-state index < -0.39 is 0 Å². The Kier molecular flexibility index (Phi) is 3.10. The fourth-order valence-corrected chi connectivity index (χ4v) is 2.22. The van der Waals surface area contributed by atoms with E-state index in [1.54, 1.807) is 7.11 Å². The van der Waals surface area contributed by atoms with Gasteiger partial charge in [0, 0.05) is 13.7 Å². The van der Waals surface area contributed by atoms with Crippen LogP contribution in [0.15, 0.2) is 4.99 Å². The normalized spacial score (nSPS) is 26.1. The van der Waals surface area contributed by atoms with E-state index >= 15 is 0 Å². The summed E-state index contributed by atoms with van der Waals surface area (Å²) in [5.74, 6) is 1.57. The molecule has 0 aromatic heterocycles. The number of rotatable bonds is 5. The number of hydrogen-bond acceptors (Lipinski definition) is 4. The van der Waals surface area contributed by atoms with E-state index in [4.69, 9.17) is 10.5 Å². The van der Waals surface area contributed by atoms with Crippen LogP contribution in [0.5, 0.6) is 0 Å². The summed E-state index contributed by atoms with van der Waals surface area (Å²) >= 11 is 0.